The van der Waals surface area contributed by atoms with Gasteiger partial charge in [0.05, 0.1) is 35.8 Å². The Morgan fingerprint density at radius 3 is 2.55 bits per heavy atom. The van der Waals surface area contributed by atoms with Crippen molar-refractivity contribution in [3.63, 3.8) is 0 Å². The number of aromatic nitrogens is 1. The third-order valence-electron chi connectivity index (χ3n) is 7.02. The number of allylic oxidation sites excluding steroid dienone is 1. The van der Waals surface area contributed by atoms with Crippen LogP contribution in [0.25, 0.3) is 11.8 Å². The number of Topliss-reactive ketones (excluding diaryl/α,β-unsaturated/α-hetero) is 1. The average molecular weight is 443 g/mol. The summed E-state index contributed by atoms with van der Waals surface area (Å²) >= 11 is 0. The van der Waals surface area contributed by atoms with Crippen LogP contribution in [0.2, 0.25) is 0 Å². The van der Waals surface area contributed by atoms with Crippen molar-refractivity contribution in [1.82, 2.24) is 9.47 Å². The van der Waals surface area contributed by atoms with Crippen LogP contribution in [0.3, 0.4) is 0 Å². The second kappa shape index (κ2) is 8.98. The van der Waals surface area contributed by atoms with Gasteiger partial charge in [0.1, 0.15) is 0 Å². The molecule has 1 N–H and O–H groups in total. The zero-order valence-electron chi connectivity index (χ0n) is 19.5. The molecule has 4 rings (SSSR count). The van der Waals surface area contributed by atoms with E-state index in [2.05, 4.69) is 17.0 Å². The fraction of sp³-hybridized carbons (Fsp3) is 0.444. The molecule has 0 saturated carbocycles. The molecule has 1 aromatic carbocycles. The molecular weight excluding hydrogens is 412 g/mol. The number of hydrogen-bond donors (Lipinski definition) is 1. The summed E-state index contributed by atoms with van der Waals surface area (Å²) in [6.07, 6.45) is 6.96. The first-order valence-electron chi connectivity index (χ1n) is 11.5. The minimum atomic E-state index is -0.466. The van der Waals surface area contributed by atoms with E-state index in [-0.39, 0.29) is 17.9 Å². The molecule has 0 spiro atoms. The zero-order chi connectivity index (χ0) is 23.8. The standard InChI is InChI=1S/C27H30N4O2/c1-18-23(26(33)16-30-21-10-11-24(30)25(32)14-21)13-22(5-4-12-27(2,3)17-29)31(18)20-8-6-19(15-28)7-9-20/h4-9,13,21,24-25,32H,10-12,14,16H2,1-3H3/b5-4+/t21-,24+,25+/m0/s1. The van der Waals surface area contributed by atoms with Crippen molar-refractivity contribution in [2.75, 3.05) is 6.54 Å². The Morgan fingerprint density at radius 1 is 1.24 bits per heavy atom. The van der Waals surface area contributed by atoms with Gasteiger partial charge in [0, 0.05) is 34.7 Å². The molecule has 0 aliphatic carbocycles. The largest absolute Gasteiger partial charge is 0.391 e. The number of rotatable bonds is 7. The normalized spacial score (nSPS) is 22.5. The molecule has 170 valence electrons. The lowest BCUT2D eigenvalue weighted by atomic mass is 9.91. The smallest absolute Gasteiger partial charge is 0.178 e. The molecule has 6 heteroatoms. The fourth-order valence-electron chi connectivity index (χ4n) is 5.15. The summed E-state index contributed by atoms with van der Waals surface area (Å²) in [5, 5.41) is 28.7. The first-order chi connectivity index (χ1) is 15.7. The van der Waals surface area contributed by atoms with Crippen LogP contribution in [0.15, 0.2) is 36.4 Å². The minimum Gasteiger partial charge on any atom is -0.391 e. The van der Waals surface area contributed by atoms with Gasteiger partial charge in [-0.2, -0.15) is 10.5 Å². The van der Waals surface area contributed by atoms with Crippen molar-refractivity contribution in [3.05, 3.63) is 58.9 Å². The molecule has 2 aromatic rings. The van der Waals surface area contributed by atoms with Crippen LogP contribution >= 0.6 is 0 Å². The molecule has 0 radical (unpaired) electrons. The van der Waals surface area contributed by atoms with Gasteiger partial charge in [-0.1, -0.05) is 6.08 Å². The van der Waals surface area contributed by atoms with Gasteiger partial charge in [0.15, 0.2) is 5.78 Å². The second-order valence-corrected chi connectivity index (χ2v) is 9.86. The van der Waals surface area contributed by atoms with Crippen LogP contribution in [0.1, 0.15) is 66.8 Å². The molecular formula is C27H30N4O2. The van der Waals surface area contributed by atoms with E-state index in [0.717, 1.165) is 36.3 Å². The lowest BCUT2D eigenvalue weighted by molar-refractivity contribution is 0.0873. The van der Waals surface area contributed by atoms with Gasteiger partial charge >= 0.3 is 0 Å². The predicted octanol–water partition coefficient (Wildman–Crippen LogP) is 4.39. The highest BCUT2D eigenvalue weighted by molar-refractivity contribution is 5.99. The lowest BCUT2D eigenvalue weighted by Crippen LogP contribution is -2.36. The van der Waals surface area contributed by atoms with Gasteiger partial charge in [-0.05, 0) is 82.9 Å². The van der Waals surface area contributed by atoms with Gasteiger partial charge in [-0.15, -0.1) is 0 Å². The predicted molar refractivity (Wildman–Crippen MR) is 127 cm³/mol. The lowest BCUT2D eigenvalue weighted by Gasteiger charge is -2.21. The van der Waals surface area contributed by atoms with Crippen LogP contribution in [0.5, 0.6) is 0 Å². The maximum Gasteiger partial charge on any atom is 0.178 e. The number of fused-ring (bicyclic) bond motifs is 2. The van der Waals surface area contributed by atoms with Crippen LogP contribution < -0.4 is 0 Å². The van der Waals surface area contributed by atoms with E-state index in [4.69, 9.17) is 5.26 Å². The number of carbonyl (C=O) groups is 1. The number of nitrogens with zero attached hydrogens (tertiary/aromatic N) is 4. The van der Waals surface area contributed by atoms with E-state index < -0.39 is 5.41 Å². The number of benzene rings is 1. The zero-order valence-corrected chi connectivity index (χ0v) is 19.5. The first kappa shape index (κ1) is 23.0. The van der Waals surface area contributed by atoms with Gasteiger partial charge in [0.2, 0.25) is 0 Å². The first-order valence-corrected chi connectivity index (χ1v) is 11.5. The maximum atomic E-state index is 13.4. The molecule has 2 fully saturated rings. The molecule has 1 aromatic heterocycles. The number of nitriles is 2. The van der Waals surface area contributed by atoms with Crippen molar-refractivity contribution < 1.29 is 9.90 Å². The fourth-order valence-corrected chi connectivity index (χ4v) is 5.15. The molecule has 0 unspecified atom stereocenters. The Bertz CT molecular complexity index is 1160. The Labute approximate surface area is 195 Å². The number of carbonyl (C=O) groups excluding carboxylic acids is 1. The van der Waals surface area contributed by atoms with E-state index >= 15 is 0 Å². The quantitative estimate of drug-likeness (QED) is 0.642. The summed E-state index contributed by atoms with van der Waals surface area (Å²) in [4.78, 5) is 15.6. The highest BCUT2D eigenvalue weighted by atomic mass is 16.3. The summed E-state index contributed by atoms with van der Waals surface area (Å²) in [5.41, 5.74) is 3.36. The summed E-state index contributed by atoms with van der Waals surface area (Å²) in [6.45, 7) is 6.05. The molecule has 6 nitrogen and oxygen atoms in total. The molecule has 2 saturated heterocycles. The maximum absolute atomic E-state index is 13.4. The SMILES string of the molecule is Cc1c(C(=O)CN2[C@H]3CC[C@@H]2[C@H](O)C3)cc(/C=C/CC(C)(C)C#N)n1-c1ccc(C#N)cc1. The van der Waals surface area contributed by atoms with Gasteiger partial charge in [0.25, 0.3) is 0 Å². The number of aliphatic hydroxyl groups is 1. The third-order valence-corrected chi connectivity index (χ3v) is 7.02. The van der Waals surface area contributed by atoms with Crippen molar-refractivity contribution >= 4 is 11.9 Å². The van der Waals surface area contributed by atoms with Crippen LogP contribution in [-0.2, 0) is 0 Å². The van der Waals surface area contributed by atoms with E-state index in [1.54, 1.807) is 12.1 Å². The van der Waals surface area contributed by atoms with Gasteiger partial charge in [-0.25, -0.2) is 0 Å². The molecule has 2 aliphatic rings. The van der Waals surface area contributed by atoms with E-state index in [0.29, 0.717) is 30.1 Å². The Balaban J connectivity index is 1.67. The van der Waals surface area contributed by atoms with E-state index in [9.17, 15) is 15.2 Å². The number of hydrogen-bond acceptors (Lipinski definition) is 5. The molecule has 0 amide bonds. The van der Waals surface area contributed by atoms with Crippen molar-refractivity contribution in [3.8, 4) is 17.8 Å². The molecule has 3 atom stereocenters. The Morgan fingerprint density at radius 2 is 1.97 bits per heavy atom. The number of ketones is 1. The molecule has 3 heterocycles. The average Bonchev–Trinajstić information content (AvgIpc) is 3.43. The summed E-state index contributed by atoms with van der Waals surface area (Å²) < 4.78 is 2.03. The summed E-state index contributed by atoms with van der Waals surface area (Å²) in [7, 11) is 0. The minimum absolute atomic E-state index is 0.0536. The van der Waals surface area contributed by atoms with Crippen LogP contribution in [-0.4, -0.2) is 45.1 Å². The van der Waals surface area contributed by atoms with Gasteiger partial charge in [-0.3, -0.25) is 9.69 Å². The van der Waals surface area contributed by atoms with E-state index in [1.165, 1.54) is 0 Å². The highest BCUT2D eigenvalue weighted by Gasteiger charge is 2.46. The van der Waals surface area contributed by atoms with E-state index in [1.807, 2.05) is 55.7 Å². The van der Waals surface area contributed by atoms with Crippen LogP contribution in [0, 0.1) is 35.0 Å². The molecule has 33 heavy (non-hydrogen) atoms. The topological polar surface area (TPSA) is 93.1 Å². The Kier molecular flexibility index (Phi) is 6.26. The van der Waals surface area contributed by atoms with Crippen molar-refractivity contribution in [2.45, 2.75) is 64.6 Å². The number of aliphatic hydroxyl groups excluding tert-OH is 1. The van der Waals surface area contributed by atoms with Crippen LogP contribution in [0.4, 0.5) is 0 Å². The monoisotopic (exact) mass is 442 g/mol. The second-order valence-electron chi connectivity index (χ2n) is 9.86. The van der Waals surface area contributed by atoms with Gasteiger partial charge < -0.3 is 9.67 Å². The third kappa shape index (κ3) is 4.50. The highest BCUT2D eigenvalue weighted by Crippen LogP contribution is 2.38. The molecule has 2 aliphatic heterocycles. The van der Waals surface area contributed by atoms with Crippen molar-refractivity contribution in [1.29, 1.82) is 10.5 Å². The van der Waals surface area contributed by atoms with Crippen molar-refractivity contribution in [2.24, 2.45) is 5.41 Å². The molecule has 2 bridgehead atoms. The Hall–Kier alpha value is -3.19. The summed E-state index contributed by atoms with van der Waals surface area (Å²) in [5.74, 6) is 0.0536. The summed E-state index contributed by atoms with van der Waals surface area (Å²) in [6, 6.07) is 14.1.